The van der Waals surface area contributed by atoms with E-state index in [0.717, 1.165) is 0 Å². The van der Waals surface area contributed by atoms with Crippen molar-refractivity contribution in [1.82, 2.24) is 0 Å². The van der Waals surface area contributed by atoms with Crippen LogP contribution in [0.25, 0.3) is 0 Å². The normalized spacial score (nSPS) is 10.4. The Morgan fingerprint density at radius 2 is 1.80 bits per heavy atom. The van der Waals surface area contributed by atoms with Crippen LogP contribution in [0.15, 0.2) is 34.8 Å². The molecule has 2 aromatic rings. The summed E-state index contributed by atoms with van der Waals surface area (Å²) in [5, 5.41) is 2.77. The lowest BCUT2D eigenvalue weighted by atomic mass is 10.2. The Kier molecular flexibility index (Phi) is 4.52. The first kappa shape index (κ1) is 15.1. The van der Waals surface area contributed by atoms with E-state index >= 15 is 0 Å². The lowest BCUT2D eigenvalue weighted by Crippen LogP contribution is -2.13. The molecule has 0 heterocycles. The van der Waals surface area contributed by atoms with E-state index < -0.39 is 11.7 Å². The molecule has 104 valence electrons. The zero-order chi connectivity index (χ0) is 14.9. The van der Waals surface area contributed by atoms with Gasteiger partial charge in [-0.15, -0.1) is 0 Å². The minimum atomic E-state index is -0.547. The molecule has 20 heavy (non-hydrogen) atoms. The van der Waals surface area contributed by atoms with Crippen molar-refractivity contribution >= 4 is 56.4 Å². The third-order valence-corrected chi connectivity index (χ3v) is 3.64. The van der Waals surface area contributed by atoms with Crippen LogP contribution < -0.4 is 11.1 Å². The fourth-order valence-corrected chi connectivity index (χ4v) is 2.35. The summed E-state index contributed by atoms with van der Waals surface area (Å²) < 4.78 is 14.2. The number of halogens is 4. The second kappa shape index (κ2) is 5.99. The van der Waals surface area contributed by atoms with Crippen molar-refractivity contribution in [1.29, 1.82) is 0 Å². The van der Waals surface area contributed by atoms with Crippen molar-refractivity contribution in [3.8, 4) is 0 Å². The number of nitrogens with one attached hydrogen (secondary N) is 1. The van der Waals surface area contributed by atoms with Crippen LogP contribution in [-0.2, 0) is 0 Å². The van der Waals surface area contributed by atoms with E-state index in [-0.39, 0.29) is 27.0 Å². The molecule has 3 nitrogen and oxygen atoms in total. The molecule has 0 unspecified atom stereocenters. The van der Waals surface area contributed by atoms with E-state index in [4.69, 9.17) is 28.9 Å². The lowest BCUT2D eigenvalue weighted by molar-refractivity contribution is 0.102. The van der Waals surface area contributed by atoms with E-state index in [1.807, 2.05) is 0 Å². The Morgan fingerprint density at radius 3 is 2.40 bits per heavy atom. The molecule has 0 aliphatic heterocycles. The van der Waals surface area contributed by atoms with Crippen LogP contribution in [0, 0.1) is 5.82 Å². The Morgan fingerprint density at radius 1 is 1.20 bits per heavy atom. The summed E-state index contributed by atoms with van der Waals surface area (Å²) in [4.78, 5) is 12.0. The van der Waals surface area contributed by atoms with Gasteiger partial charge in [-0.2, -0.15) is 0 Å². The fourth-order valence-electron chi connectivity index (χ4n) is 1.50. The van der Waals surface area contributed by atoms with E-state index in [0.29, 0.717) is 4.47 Å². The van der Waals surface area contributed by atoms with Gasteiger partial charge in [0.05, 0.1) is 21.4 Å². The molecule has 0 fully saturated rings. The molecule has 0 aliphatic rings. The van der Waals surface area contributed by atoms with Gasteiger partial charge in [-0.3, -0.25) is 4.79 Å². The zero-order valence-electron chi connectivity index (χ0n) is 9.88. The van der Waals surface area contributed by atoms with Crippen LogP contribution in [0.1, 0.15) is 10.4 Å². The maximum atomic E-state index is 13.6. The standard InChI is InChI=1S/C13H8BrCl2FN2O/c14-7-1-2-10(17)11(5-7)19-13(20)6-3-8(15)12(18)9(16)4-6/h1-5H,18H2,(H,19,20). The molecular formula is C13H8BrCl2FN2O. The van der Waals surface area contributed by atoms with Crippen LogP contribution in [-0.4, -0.2) is 5.91 Å². The van der Waals surface area contributed by atoms with Gasteiger partial charge in [0.1, 0.15) is 5.82 Å². The molecule has 0 aromatic heterocycles. The number of amides is 1. The van der Waals surface area contributed by atoms with Gasteiger partial charge in [0, 0.05) is 10.0 Å². The van der Waals surface area contributed by atoms with Crippen LogP contribution >= 0.6 is 39.1 Å². The van der Waals surface area contributed by atoms with E-state index in [1.165, 1.54) is 30.3 Å². The fraction of sp³-hybridized carbons (Fsp3) is 0. The van der Waals surface area contributed by atoms with Gasteiger partial charge in [0.15, 0.2) is 0 Å². The Hall–Kier alpha value is -1.30. The van der Waals surface area contributed by atoms with Gasteiger partial charge in [0.2, 0.25) is 0 Å². The number of anilines is 2. The lowest BCUT2D eigenvalue weighted by Gasteiger charge is -2.09. The SMILES string of the molecule is Nc1c(Cl)cc(C(=O)Nc2cc(Br)ccc2F)cc1Cl. The summed E-state index contributed by atoms with van der Waals surface area (Å²) in [7, 11) is 0. The Balaban J connectivity index is 2.31. The summed E-state index contributed by atoms with van der Waals surface area (Å²) in [6, 6.07) is 6.96. The predicted octanol–water partition coefficient (Wildman–Crippen LogP) is 4.73. The maximum Gasteiger partial charge on any atom is 0.255 e. The molecule has 7 heteroatoms. The Labute approximate surface area is 133 Å². The molecule has 0 aliphatic carbocycles. The van der Waals surface area contributed by atoms with Gasteiger partial charge < -0.3 is 11.1 Å². The highest BCUT2D eigenvalue weighted by molar-refractivity contribution is 9.10. The highest BCUT2D eigenvalue weighted by atomic mass is 79.9. The maximum absolute atomic E-state index is 13.6. The van der Waals surface area contributed by atoms with Gasteiger partial charge >= 0.3 is 0 Å². The molecule has 0 bridgehead atoms. The predicted molar refractivity (Wildman–Crippen MR) is 82.9 cm³/mol. The zero-order valence-corrected chi connectivity index (χ0v) is 13.0. The van der Waals surface area contributed by atoms with Crippen LogP contribution in [0.3, 0.4) is 0 Å². The molecule has 0 spiro atoms. The monoisotopic (exact) mass is 376 g/mol. The number of nitrogens with two attached hydrogens (primary N) is 1. The second-order valence-electron chi connectivity index (χ2n) is 3.93. The molecule has 2 rings (SSSR count). The average Bonchev–Trinajstić information content (AvgIpc) is 2.39. The largest absolute Gasteiger partial charge is 0.396 e. The van der Waals surface area contributed by atoms with Gasteiger partial charge in [-0.05, 0) is 30.3 Å². The van der Waals surface area contributed by atoms with Crippen molar-refractivity contribution in [2.24, 2.45) is 0 Å². The smallest absolute Gasteiger partial charge is 0.255 e. The number of hydrogen-bond acceptors (Lipinski definition) is 2. The molecule has 2 aromatic carbocycles. The number of nitrogen functional groups attached to an aromatic ring is 1. The molecule has 0 radical (unpaired) electrons. The highest BCUT2D eigenvalue weighted by Crippen LogP contribution is 2.29. The van der Waals surface area contributed by atoms with E-state index in [1.54, 1.807) is 0 Å². The topological polar surface area (TPSA) is 55.1 Å². The number of benzene rings is 2. The average molecular weight is 378 g/mol. The second-order valence-corrected chi connectivity index (χ2v) is 5.66. The number of rotatable bonds is 2. The number of carbonyl (C=O) groups is 1. The third kappa shape index (κ3) is 3.23. The minimum absolute atomic E-state index is 0.0495. The Bertz CT molecular complexity index is 671. The van der Waals surface area contributed by atoms with Crippen LogP contribution in [0.2, 0.25) is 10.0 Å². The summed E-state index contributed by atoms with van der Waals surface area (Å²) in [5.74, 6) is -1.08. The van der Waals surface area contributed by atoms with Gasteiger partial charge in [-0.1, -0.05) is 39.1 Å². The van der Waals surface area contributed by atoms with Gasteiger partial charge in [0.25, 0.3) is 5.91 Å². The number of carbonyl (C=O) groups excluding carboxylic acids is 1. The number of hydrogen-bond donors (Lipinski definition) is 2. The molecular weight excluding hydrogens is 370 g/mol. The highest BCUT2D eigenvalue weighted by Gasteiger charge is 2.13. The van der Waals surface area contributed by atoms with Crippen molar-refractivity contribution in [3.63, 3.8) is 0 Å². The third-order valence-electron chi connectivity index (χ3n) is 2.52. The molecule has 1 amide bonds. The summed E-state index contributed by atoms with van der Waals surface area (Å²) in [5.41, 5.74) is 6.02. The van der Waals surface area contributed by atoms with Crippen LogP contribution in [0.5, 0.6) is 0 Å². The minimum Gasteiger partial charge on any atom is -0.396 e. The van der Waals surface area contributed by atoms with Crippen molar-refractivity contribution in [2.45, 2.75) is 0 Å². The molecule has 0 atom stereocenters. The molecule has 3 N–H and O–H groups in total. The first-order chi connectivity index (χ1) is 9.38. The summed E-state index contributed by atoms with van der Waals surface area (Å²) >= 11 is 14.9. The quantitative estimate of drug-likeness (QED) is 0.743. The first-order valence-electron chi connectivity index (χ1n) is 5.39. The van der Waals surface area contributed by atoms with E-state index in [2.05, 4.69) is 21.2 Å². The van der Waals surface area contributed by atoms with Crippen LogP contribution in [0.4, 0.5) is 15.8 Å². The molecule has 0 saturated heterocycles. The summed E-state index contributed by atoms with van der Waals surface area (Å²) in [6.07, 6.45) is 0. The molecule has 0 saturated carbocycles. The van der Waals surface area contributed by atoms with E-state index in [9.17, 15) is 9.18 Å². The first-order valence-corrected chi connectivity index (χ1v) is 6.94. The van der Waals surface area contributed by atoms with Crippen molar-refractivity contribution in [3.05, 3.63) is 56.2 Å². The summed E-state index contributed by atoms with van der Waals surface area (Å²) in [6.45, 7) is 0. The van der Waals surface area contributed by atoms with Crippen molar-refractivity contribution in [2.75, 3.05) is 11.1 Å². The van der Waals surface area contributed by atoms with Gasteiger partial charge in [-0.25, -0.2) is 4.39 Å². The van der Waals surface area contributed by atoms with Crippen molar-refractivity contribution < 1.29 is 9.18 Å².